The fraction of sp³-hybridized carbons (Fsp3) is 0.500. The van der Waals surface area contributed by atoms with Crippen LogP contribution in [-0.2, 0) is 11.3 Å². The molecule has 3 heterocycles. The van der Waals surface area contributed by atoms with Gasteiger partial charge in [-0.05, 0) is 48.7 Å². The Hall–Kier alpha value is -2.52. The zero-order valence-electron chi connectivity index (χ0n) is 17.8. The number of nitrogens with one attached hydrogen (secondary N) is 2. The quantitative estimate of drug-likeness (QED) is 0.682. The molecule has 0 radical (unpaired) electrons. The van der Waals surface area contributed by atoms with E-state index in [1.807, 2.05) is 0 Å². The van der Waals surface area contributed by atoms with Crippen molar-refractivity contribution in [1.82, 2.24) is 15.3 Å². The van der Waals surface area contributed by atoms with Gasteiger partial charge in [-0.15, -0.1) is 0 Å². The van der Waals surface area contributed by atoms with Crippen molar-refractivity contribution in [1.29, 1.82) is 0 Å². The number of rotatable bonds is 5. The molecule has 0 aliphatic carbocycles. The van der Waals surface area contributed by atoms with E-state index in [4.69, 9.17) is 26.9 Å². The lowest BCUT2D eigenvalue weighted by Gasteiger charge is -2.33. The first-order chi connectivity index (χ1) is 15.1. The van der Waals surface area contributed by atoms with Crippen LogP contribution in [0.3, 0.4) is 0 Å². The van der Waals surface area contributed by atoms with Gasteiger partial charge < -0.3 is 25.2 Å². The van der Waals surface area contributed by atoms with Gasteiger partial charge in [0.2, 0.25) is 5.95 Å². The van der Waals surface area contributed by atoms with E-state index in [-0.39, 0.29) is 5.82 Å². The first-order valence-electron chi connectivity index (χ1n) is 10.8. The minimum absolute atomic E-state index is 0.252. The number of piperidine rings is 1. The number of morpholine rings is 1. The molecule has 9 heteroatoms. The third-order valence-corrected chi connectivity index (χ3v) is 5.85. The number of hydrogen-bond acceptors (Lipinski definition) is 6. The smallest absolute Gasteiger partial charge is 0.232 e. The summed E-state index contributed by atoms with van der Waals surface area (Å²) in [6.07, 6.45) is 2.42. The molecule has 7 nitrogen and oxygen atoms in total. The summed E-state index contributed by atoms with van der Waals surface area (Å²) in [6.45, 7) is 7.76. The highest BCUT2D eigenvalue weighted by molar-refractivity contribution is 7.80. The van der Waals surface area contributed by atoms with Crippen LogP contribution in [0.4, 0.5) is 22.0 Å². The van der Waals surface area contributed by atoms with Crippen LogP contribution >= 0.6 is 12.2 Å². The van der Waals surface area contributed by atoms with Crippen LogP contribution in [0.1, 0.15) is 25.3 Å². The molecule has 0 spiro atoms. The van der Waals surface area contributed by atoms with Gasteiger partial charge in [-0.2, -0.15) is 9.97 Å². The van der Waals surface area contributed by atoms with Crippen molar-refractivity contribution in [2.24, 2.45) is 5.92 Å². The highest BCUT2D eigenvalue weighted by Crippen LogP contribution is 2.26. The Morgan fingerprint density at radius 3 is 2.55 bits per heavy atom. The van der Waals surface area contributed by atoms with E-state index in [1.165, 1.54) is 25.0 Å². The molecule has 1 aromatic carbocycles. The van der Waals surface area contributed by atoms with Gasteiger partial charge in [0.15, 0.2) is 5.11 Å². The van der Waals surface area contributed by atoms with Crippen molar-refractivity contribution in [2.45, 2.75) is 26.3 Å². The Morgan fingerprint density at radius 1 is 1.13 bits per heavy atom. The van der Waals surface area contributed by atoms with Crippen LogP contribution < -0.4 is 20.4 Å². The average Bonchev–Trinajstić information content (AvgIpc) is 2.79. The van der Waals surface area contributed by atoms with Gasteiger partial charge in [0.05, 0.1) is 13.2 Å². The number of benzene rings is 1. The lowest BCUT2D eigenvalue weighted by molar-refractivity contribution is 0.122. The molecular weight excluding hydrogens is 415 g/mol. The second-order valence-corrected chi connectivity index (χ2v) is 8.54. The zero-order valence-corrected chi connectivity index (χ0v) is 18.6. The molecule has 166 valence electrons. The maximum Gasteiger partial charge on any atom is 0.232 e. The second-order valence-electron chi connectivity index (χ2n) is 8.13. The largest absolute Gasteiger partial charge is 0.378 e. The van der Waals surface area contributed by atoms with Gasteiger partial charge in [-0.25, -0.2) is 4.39 Å². The predicted octanol–water partition coefficient (Wildman–Crippen LogP) is 3.18. The Kier molecular flexibility index (Phi) is 7.14. The fourth-order valence-electron chi connectivity index (χ4n) is 3.92. The topological polar surface area (TPSA) is 65.6 Å². The molecule has 0 bridgehead atoms. The summed E-state index contributed by atoms with van der Waals surface area (Å²) in [5.41, 5.74) is 0.941. The summed E-state index contributed by atoms with van der Waals surface area (Å²) >= 11 is 5.46. The van der Waals surface area contributed by atoms with E-state index < -0.39 is 0 Å². The standard InChI is InChI=1S/C22H29FN6OS/c1-16-3-2-8-29(15-16)20-13-19(28-9-11-30-12-10-28)25-21(26-20)27-22(31)24-14-17-4-6-18(23)7-5-17/h4-7,13,16H,2-3,8-12,14-15H2,1H3,(H2,24,25,26,27,31)/t16-/m0/s1. The average molecular weight is 445 g/mol. The highest BCUT2D eigenvalue weighted by Gasteiger charge is 2.21. The van der Waals surface area contributed by atoms with Gasteiger partial charge in [0.25, 0.3) is 0 Å². The summed E-state index contributed by atoms with van der Waals surface area (Å²) in [6, 6.07) is 8.42. The van der Waals surface area contributed by atoms with Crippen molar-refractivity contribution in [2.75, 3.05) is 54.5 Å². The van der Waals surface area contributed by atoms with Gasteiger partial charge in [0.1, 0.15) is 17.5 Å². The Labute approximate surface area is 188 Å². The molecule has 4 rings (SSSR count). The summed E-state index contributed by atoms with van der Waals surface area (Å²) in [5, 5.41) is 6.71. The number of ether oxygens (including phenoxy) is 1. The normalized spacial score (nSPS) is 19.2. The minimum Gasteiger partial charge on any atom is -0.378 e. The SMILES string of the molecule is C[C@H]1CCCN(c2cc(N3CCOCC3)nc(NC(=S)NCc3ccc(F)cc3)n2)C1. The Bertz CT molecular complexity index is 890. The van der Waals surface area contributed by atoms with Crippen LogP contribution in [0.15, 0.2) is 30.3 Å². The summed E-state index contributed by atoms with van der Waals surface area (Å²) in [4.78, 5) is 14.0. The van der Waals surface area contributed by atoms with Crippen LogP contribution in [-0.4, -0.2) is 54.5 Å². The van der Waals surface area contributed by atoms with E-state index in [2.05, 4.69) is 33.4 Å². The fourth-order valence-corrected chi connectivity index (χ4v) is 4.09. The molecule has 2 aromatic rings. The van der Waals surface area contributed by atoms with Crippen molar-refractivity contribution in [3.05, 3.63) is 41.7 Å². The van der Waals surface area contributed by atoms with Gasteiger partial charge in [-0.1, -0.05) is 19.1 Å². The monoisotopic (exact) mass is 444 g/mol. The number of thiocarbonyl (C=S) groups is 1. The molecule has 0 saturated carbocycles. The van der Waals surface area contributed by atoms with Crippen LogP contribution in [0.2, 0.25) is 0 Å². The van der Waals surface area contributed by atoms with Crippen LogP contribution in [0.25, 0.3) is 0 Å². The molecule has 0 amide bonds. The lowest BCUT2D eigenvalue weighted by atomic mass is 10.0. The molecule has 2 aliphatic rings. The summed E-state index contributed by atoms with van der Waals surface area (Å²) < 4.78 is 18.6. The lowest BCUT2D eigenvalue weighted by Crippen LogP contribution is -2.38. The molecule has 2 aliphatic heterocycles. The van der Waals surface area contributed by atoms with Crippen LogP contribution in [0, 0.1) is 11.7 Å². The molecule has 2 N–H and O–H groups in total. The first kappa shape index (κ1) is 21.7. The predicted molar refractivity (Wildman–Crippen MR) is 125 cm³/mol. The van der Waals surface area contributed by atoms with E-state index in [0.29, 0.717) is 36.7 Å². The molecule has 2 fully saturated rings. The van der Waals surface area contributed by atoms with Gasteiger partial charge in [0, 0.05) is 38.8 Å². The molecule has 31 heavy (non-hydrogen) atoms. The van der Waals surface area contributed by atoms with E-state index in [1.54, 1.807) is 12.1 Å². The molecule has 0 unspecified atom stereocenters. The number of nitrogens with zero attached hydrogens (tertiary/aromatic N) is 4. The Balaban J connectivity index is 1.48. The molecule has 1 aromatic heterocycles. The van der Waals surface area contributed by atoms with E-state index in [9.17, 15) is 4.39 Å². The number of anilines is 3. The number of aromatic nitrogens is 2. The van der Waals surface area contributed by atoms with Crippen molar-refractivity contribution in [3.8, 4) is 0 Å². The maximum absolute atomic E-state index is 13.1. The van der Waals surface area contributed by atoms with Crippen LogP contribution in [0.5, 0.6) is 0 Å². The van der Waals surface area contributed by atoms with Crippen molar-refractivity contribution in [3.63, 3.8) is 0 Å². The highest BCUT2D eigenvalue weighted by atomic mass is 32.1. The number of hydrogen-bond donors (Lipinski definition) is 2. The number of halogens is 1. The van der Waals surface area contributed by atoms with Crippen molar-refractivity contribution < 1.29 is 9.13 Å². The maximum atomic E-state index is 13.1. The first-order valence-corrected chi connectivity index (χ1v) is 11.2. The molecule has 1 atom stereocenters. The Morgan fingerprint density at radius 2 is 1.84 bits per heavy atom. The van der Waals surface area contributed by atoms with Gasteiger partial charge in [-0.3, -0.25) is 0 Å². The molecule has 2 saturated heterocycles. The summed E-state index contributed by atoms with van der Waals surface area (Å²) in [5.74, 6) is 2.68. The van der Waals surface area contributed by atoms with E-state index >= 15 is 0 Å². The summed E-state index contributed by atoms with van der Waals surface area (Å²) in [7, 11) is 0. The molecular formula is C22H29FN6OS. The third-order valence-electron chi connectivity index (χ3n) is 5.61. The van der Waals surface area contributed by atoms with E-state index in [0.717, 1.165) is 43.4 Å². The second kappa shape index (κ2) is 10.2. The third kappa shape index (κ3) is 6.01. The zero-order chi connectivity index (χ0) is 21.6. The van der Waals surface area contributed by atoms with Crippen molar-refractivity contribution >= 4 is 34.9 Å². The van der Waals surface area contributed by atoms with Gasteiger partial charge >= 0.3 is 0 Å². The minimum atomic E-state index is -0.252.